The predicted octanol–water partition coefficient (Wildman–Crippen LogP) is 2.41. The molecule has 4 heteroatoms. The fourth-order valence-corrected chi connectivity index (χ4v) is 2.83. The van der Waals surface area contributed by atoms with Crippen LogP contribution in [0.3, 0.4) is 0 Å². The molecule has 2 rings (SSSR count). The highest BCUT2D eigenvalue weighted by atomic mass is 16.5. The van der Waals surface area contributed by atoms with Gasteiger partial charge in [-0.3, -0.25) is 0 Å². The zero-order valence-corrected chi connectivity index (χ0v) is 12.5. The van der Waals surface area contributed by atoms with Crippen molar-refractivity contribution in [3.63, 3.8) is 0 Å². The van der Waals surface area contributed by atoms with Gasteiger partial charge in [0.25, 0.3) is 0 Å². The summed E-state index contributed by atoms with van der Waals surface area (Å²) in [6, 6.07) is 0. The standard InChI is InChI=1S/C15H27N3O/c1-15(2,6-8-19-3)11-18-12-17-10-14(18)13-5-4-7-16-9-13/h10,12-13,16H,4-9,11H2,1-3H3. The molecule has 1 unspecified atom stereocenters. The molecule has 19 heavy (non-hydrogen) atoms. The molecular weight excluding hydrogens is 238 g/mol. The molecule has 0 amide bonds. The summed E-state index contributed by atoms with van der Waals surface area (Å²) in [7, 11) is 1.77. The summed E-state index contributed by atoms with van der Waals surface area (Å²) in [5, 5.41) is 3.49. The Labute approximate surface area is 116 Å². The van der Waals surface area contributed by atoms with Crippen LogP contribution in [0.15, 0.2) is 12.5 Å². The first-order valence-electron chi connectivity index (χ1n) is 7.32. The van der Waals surface area contributed by atoms with Crippen molar-refractivity contribution in [3.8, 4) is 0 Å². The van der Waals surface area contributed by atoms with E-state index in [2.05, 4.69) is 28.7 Å². The van der Waals surface area contributed by atoms with E-state index < -0.39 is 0 Å². The van der Waals surface area contributed by atoms with E-state index in [1.54, 1.807) is 7.11 Å². The molecule has 1 aliphatic heterocycles. The van der Waals surface area contributed by atoms with Gasteiger partial charge in [-0.05, 0) is 31.2 Å². The first-order valence-corrected chi connectivity index (χ1v) is 7.32. The second-order valence-electron chi connectivity index (χ2n) is 6.40. The van der Waals surface area contributed by atoms with Crippen LogP contribution in [0.4, 0.5) is 0 Å². The SMILES string of the molecule is COCCC(C)(C)Cn1cncc1C1CCCNC1. The molecule has 1 saturated heterocycles. The average molecular weight is 265 g/mol. The van der Waals surface area contributed by atoms with Crippen LogP contribution in [0.25, 0.3) is 0 Å². The Morgan fingerprint density at radius 3 is 3.05 bits per heavy atom. The Balaban J connectivity index is 2.02. The normalized spacial score (nSPS) is 20.7. The first kappa shape index (κ1) is 14.5. The monoisotopic (exact) mass is 265 g/mol. The lowest BCUT2D eigenvalue weighted by atomic mass is 9.89. The maximum atomic E-state index is 5.21. The molecule has 1 fully saturated rings. The van der Waals surface area contributed by atoms with Crippen LogP contribution < -0.4 is 5.32 Å². The van der Waals surface area contributed by atoms with Crippen molar-refractivity contribution in [2.45, 2.75) is 45.6 Å². The first-order chi connectivity index (χ1) is 9.12. The molecule has 0 spiro atoms. The van der Waals surface area contributed by atoms with Crippen molar-refractivity contribution < 1.29 is 4.74 Å². The van der Waals surface area contributed by atoms with Crippen molar-refractivity contribution in [2.24, 2.45) is 5.41 Å². The quantitative estimate of drug-likeness (QED) is 0.858. The zero-order valence-electron chi connectivity index (χ0n) is 12.5. The van der Waals surface area contributed by atoms with Crippen molar-refractivity contribution >= 4 is 0 Å². The van der Waals surface area contributed by atoms with Gasteiger partial charge in [0.2, 0.25) is 0 Å². The molecule has 1 aliphatic rings. The van der Waals surface area contributed by atoms with Crippen LogP contribution in [-0.2, 0) is 11.3 Å². The minimum absolute atomic E-state index is 0.244. The minimum atomic E-state index is 0.244. The number of nitrogens with zero attached hydrogens (tertiary/aromatic N) is 2. The Bertz CT molecular complexity index is 380. The molecular formula is C15H27N3O. The van der Waals surface area contributed by atoms with Gasteiger partial charge in [-0.25, -0.2) is 4.98 Å². The molecule has 1 aromatic rings. The van der Waals surface area contributed by atoms with E-state index in [4.69, 9.17) is 4.74 Å². The maximum absolute atomic E-state index is 5.21. The third-order valence-electron chi connectivity index (χ3n) is 4.04. The minimum Gasteiger partial charge on any atom is -0.385 e. The van der Waals surface area contributed by atoms with Crippen molar-refractivity contribution in [1.29, 1.82) is 0 Å². The van der Waals surface area contributed by atoms with E-state index in [0.29, 0.717) is 5.92 Å². The Hall–Kier alpha value is -0.870. The smallest absolute Gasteiger partial charge is 0.0948 e. The van der Waals surface area contributed by atoms with Gasteiger partial charge in [-0.1, -0.05) is 13.8 Å². The maximum Gasteiger partial charge on any atom is 0.0948 e. The number of methoxy groups -OCH3 is 1. The summed E-state index contributed by atoms with van der Waals surface area (Å²) in [4.78, 5) is 4.37. The molecule has 4 nitrogen and oxygen atoms in total. The Kier molecular flexibility index (Phi) is 4.99. The number of piperidine rings is 1. The summed E-state index contributed by atoms with van der Waals surface area (Å²) in [5.74, 6) is 0.620. The van der Waals surface area contributed by atoms with Gasteiger partial charge in [-0.15, -0.1) is 0 Å². The predicted molar refractivity (Wildman–Crippen MR) is 77.3 cm³/mol. The number of rotatable bonds is 6. The van der Waals surface area contributed by atoms with Gasteiger partial charge < -0.3 is 14.6 Å². The van der Waals surface area contributed by atoms with Crippen molar-refractivity contribution in [3.05, 3.63) is 18.2 Å². The highest BCUT2D eigenvalue weighted by Gasteiger charge is 2.23. The molecule has 0 radical (unpaired) electrons. The average Bonchev–Trinajstić information content (AvgIpc) is 2.85. The van der Waals surface area contributed by atoms with Crippen LogP contribution in [0, 0.1) is 5.41 Å². The fourth-order valence-electron chi connectivity index (χ4n) is 2.83. The highest BCUT2D eigenvalue weighted by Crippen LogP contribution is 2.28. The van der Waals surface area contributed by atoms with Gasteiger partial charge in [0.1, 0.15) is 0 Å². The summed E-state index contributed by atoms with van der Waals surface area (Å²) < 4.78 is 7.55. The van der Waals surface area contributed by atoms with Gasteiger partial charge in [0.05, 0.1) is 6.33 Å². The molecule has 0 aromatic carbocycles. The second-order valence-corrected chi connectivity index (χ2v) is 6.40. The number of nitrogens with one attached hydrogen (secondary N) is 1. The highest BCUT2D eigenvalue weighted by molar-refractivity contribution is 5.08. The summed E-state index contributed by atoms with van der Waals surface area (Å²) in [6.07, 6.45) is 7.65. The number of ether oxygens (including phenoxy) is 1. The number of imidazole rings is 1. The Morgan fingerprint density at radius 1 is 1.53 bits per heavy atom. The topological polar surface area (TPSA) is 39.1 Å². The third kappa shape index (κ3) is 4.05. The fraction of sp³-hybridized carbons (Fsp3) is 0.800. The molecule has 1 aromatic heterocycles. The molecule has 1 atom stereocenters. The molecule has 0 saturated carbocycles. The van der Waals surface area contributed by atoms with Crippen LogP contribution in [0.2, 0.25) is 0 Å². The summed E-state index contributed by atoms with van der Waals surface area (Å²) in [5.41, 5.74) is 1.63. The lowest BCUT2D eigenvalue weighted by Gasteiger charge is -2.29. The van der Waals surface area contributed by atoms with Crippen molar-refractivity contribution in [2.75, 3.05) is 26.8 Å². The Morgan fingerprint density at radius 2 is 2.37 bits per heavy atom. The van der Waals surface area contributed by atoms with E-state index in [-0.39, 0.29) is 5.41 Å². The van der Waals surface area contributed by atoms with E-state index in [0.717, 1.165) is 32.7 Å². The lowest BCUT2D eigenvalue weighted by Crippen LogP contribution is -2.30. The number of hydrogen-bond donors (Lipinski definition) is 1. The number of hydrogen-bond acceptors (Lipinski definition) is 3. The molecule has 1 N–H and O–H groups in total. The molecule has 0 aliphatic carbocycles. The van der Waals surface area contributed by atoms with Crippen LogP contribution >= 0.6 is 0 Å². The van der Waals surface area contributed by atoms with Gasteiger partial charge >= 0.3 is 0 Å². The zero-order chi connectivity index (χ0) is 13.7. The molecule has 2 heterocycles. The molecule has 0 bridgehead atoms. The van der Waals surface area contributed by atoms with E-state index >= 15 is 0 Å². The van der Waals surface area contributed by atoms with E-state index in [1.807, 2.05) is 12.5 Å². The van der Waals surface area contributed by atoms with Crippen LogP contribution in [-0.4, -0.2) is 36.4 Å². The second kappa shape index (κ2) is 6.53. The lowest BCUT2D eigenvalue weighted by molar-refractivity contribution is 0.141. The van der Waals surface area contributed by atoms with E-state index in [9.17, 15) is 0 Å². The largest absolute Gasteiger partial charge is 0.385 e. The number of aromatic nitrogens is 2. The van der Waals surface area contributed by atoms with Crippen LogP contribution in [0.5, 0.6) is 0 Å². The van der Waals surface area contributed by atoms with Gasteiger partial charge in [-0.2, -0.15) is 0 Å². The summed E-state index contributed by atoms with van der Waals surface area (Å²) in [6.45, 7) is 8.68. The van der Waals surface area contributed by atoms with Crippen LogP contribution in [0.1, 0.15) is 44.7 Å². The van der Waals surface area contributed by atoms with Gasteiger partial charge in [0, 0.05) is 44.6 Å². The summed E-state index contributed by atoms with van der Waals surface area (Å²) >= 11 is 0. The molecule has 108 valence electrons. The van der Waals surface area contributed by atoms with E-state index in [1.165, 1.54) is 18.5 Å². The van der Waals surface area contributed by atoms with Crippen molar-refractivity contribution in [1.82, 2.24) is 14.9 Å². The van der Waals surface area contributed by atoms with Gasteiger partial charge in [0.15, 0.2) is 0 Å². The third-order valence-corrected chi connectivity index (χ3v) is 4.04.